The number of hydrogen-bond donors (Lipinski definition) is 0. The molecule has 0 rings (SSSR count). The smallest absolute Gasteiger partial charge is 0.731 e. The molecule has 0 saturated heterocycles. The van der Waals surface area contributed by atoms with Gasteiger partial charge in [-0.15, -0.1) is 0 Å². The molecule has 0 aliphatic carbocycles. The van der Waals surface area contributed by atoms with Gasteiger partial charge in [-0.1, -0.05) is 103 Å². The molecule has 11 nitrogen and oxygen atoms in total. The van der Waals surface area contributed by atoms with Crippen LogP contribution >= 0.6 is 0 Å². The first-order chi connectivity index (χ1) is 17.8. The van der Waals surface area contributed by atoms with Gasteiger partial charge in [0.15, 0.2) is 10.3 Å². The van der Waals surface area contributed by atoms with Gasteiger partial charge in [-0.3, -0.25) is 4.79 Å². The van der Waals surface area contributed by atoms with Crippen molar-refractivity contribution < 1.29 is 166 Å². The number of carboxylic acids is 3. The molecule has 1 unspecified atom stereocenters. The Morgan fingerprint density at radius 1 is 0.643 bits per heavy atom. The van der Waals surface area contributed by atoms with Crippen molar-refractivity contribution >= 4 is 34.1 Å². The summed E-state index contributed by atoms with van der Waals surface area (Å²) in [5, 5.41) is 33.9. The van der Waals surface area contributed by atoms with Gasteiger partial charge >= 0.3 is 118 Å². The SMILES string of the molecule is CCCCCCCCCCCCCCCCCCN(C(=O)CC(C(=O)[O-])C(C)(C(=O)[O-])C(=O)[O-])S(=O)(=O)[O-].[Na+].[Na+].[Na+].[Na+]. The quantitative estimate of drug-likeness (QED) is 0.0417. The summed E-state index contributed by atoms with van der Waals surface area (Å²) in [6.07, 6.45) is 15.7. The maximum absolute atomic E-state index is 12.4. The molecular weight excluding hydrogens is 610 g/mol. The third-order valence-corrected chi connectivity index (χ3v) is 7.90. The molecule has 0 aromatic rings. The van der Waals surface area contributed by atoms with Crippen LogP contribution < -0.4 is 134 Å². The largest absolute Gasteiger partial charge is 1.00 e. The number of carbonyl (C=O) groups is 4. The Hall–Kier alpha value is 1.79. The van der Waals surface area contributed by atoms with Crippen LogP contribution in [0.2, 0.25) is 0 Å². The van der Waals surface area contributed by atoms with E-state index >= 15 is 0 Å². The minimum Gasteiger partial charge on any atom is -0.731 e. The fourth-order valence-electron chi connectivity index (χ4n) is 4.33. The van der Waals surface area contributed by atoms with Gasteiger partial charge in [0.2, 0.25) is 5.91 Å². The Bertz CT molecular complexity index is 848. The topological polar surface area (TPSA) is 198 Å². The van der Waals surface area contributed by atoms with Crippen LogP contribution in [0.3, 0.4) is 0 Å². The van der Waals surface area contributed by atoms with Crippen molar-refractivity contribution in [2.24, 2.45) is 11.3 Å². The number of nitrogens with zero attached hydrogens (tertiary/aromatic N) is 1. The van der Waals surface area contributed by atoms with Crippen LogP contribution in [0.15, 0.2) is 0 Å². The van der Waals surface area contributed by atoms with Gasteiger partial charge in [0.1, 0.15) is 0 Å². The maximum atomic E-state index is 12.4. The van der Waals surface area contributed by atoms with Gasteiger partial charge in [0.05, 0.1) is 17.4 Å². The molecule has 0 spiro atoms. The third-order valence-electron chi connectivity index (χ3n) is 6.97. The number of carbonyl (C=O) groups excluding carboxylic acids is 4. The predicted octanol–water partition coefficient (Wildman–Crippen LogP) is -11.2. The number of rotatable bonds is 24. The number of hydrogen-bond acceptors (Lipinski definition) is 10. The Kier molecular flexibility index (Phi) is 38.2. The summed E-state index contributed by atoms with van der Waals surface area (Å²) in [7, 11) is -5.35. The molecule has 0 bridgehead atoms. The van der Waals surface area contributed by atoms with Crippen molar-refractivity contribution in [2.45, 2.75) is 123 Å². The van der Waals surface area contributed by atoms with E-state index in [-0.39, 0.29) is 129 Å². The van der Waals surface area contributed by atoms with Crippen LogP contribution in [0.25, 0.3) is 0 Å². The molecule has 16 heteroatoms. The monoisotopic (exact) mass is 653 g/mol. The van der Waals surface area contributed by atoms with E-state index in [1.807, 2.05) is 0 Å². The fraction of sp³-hybridized carbons (Fsp3) is 0.846. The van der Waals surface area contributed by atoms with Crippen LogP contribution in [-0.4, -0.2) is 47.6 Å². The van der Waals surface area contributed by atoms with E-state index in [1.54, 1.807) is 0 Å². The first-order valence-electron chi connectivity index (χ1n) is 13.7. The van der Waals surface area contributed by atoms with Gasteiger partial charge in [0, 0.05) is 24.9 Å². The van der Waals surface area contributed by atoms with E-state index < -0.39 is 58.4 Å². The summed E-state index contributed by atoms with van der Waals surface area (Å²) in [6.45, 7) is 2.13. The molecule has 0 aromatic carbocycles. The summed E-state index contributed by atoms with van der Waals surface area (Å²) >= 11 is 0. The molecule has 0 aromatic heterocycles. The van der Waals surface area contributed by atoms with Crippen LogP contribution in [-0.2, 0) is 29.5 Å². The molecule has 1 atom stereocenters. The molecule has 0 radical (unpaired) electrons. The Balaban J connectivity index is -0.00000114. The first kappa shape index (κ1) is 53.3. The second kappa shape index (κ2) is 30.1. The predicted molar refractivity (Wildman–Crippen MR) is 132 cm³/mol. The normalized spacial score (nSPS) is 11.5. The second-order valence-electron chi connectivity index (χ2n) is 10.1. The fourth-order valence-corrected chi connectivity index (χ4v) is 5.01. The van der Waals surface area contributed by atoms with Crippen molar-refractivity contribution in [3.05, 3.63) is 0 Å². The Labute approximate surface area is 340 Å². The van der Waals surface area contributed by atoms with Crippen molar-refractivity contribution in [3.8, 4) is 0 Å². The van der Waals surface area contributed by atoms with E-state index in [1.165, 1.54) is 57.8 Å². The molecule has 0 aliphatic rings. The van der Waals surface area contributed by atoms with Crippen LogP contribution in [0, 0.1) is 11.3 Å². The standard InChI is InChI=1S/C26H47NO10S.4Na/c1-3-4-5-6-7-8-9-10-11-12-13-14-15-16-17-18-19-27(38(35,36)37)22(28)20-21(23(29)30)26(2,24(31)32)25(33)34;;;;/h21H,3-20H2,1-2H3,(H,29,30)(H,31,32)(H,33,34)(H,35,36,37);;;;/q;4*+1/p-4. The molecule has 0 heterocycles. The van der Waals surface area contributed by atoms with E-state index in [0.717, 1.165) is 32.1 Å². The third kappa shape index (κ3) is 22.3. The number of unbranched alkanes of at least 4 members (excludes halogenated alkanes) is 15. The van der Waals surface area contributed by atoms with Gasteiger partial charge in [0.25, 0.3) is 0 Å². The molecule has 42 heavy (non-hydrogen) atoms. The van der Waals surface area contributed by atoms with Gasteiger partial charge in [-0.25, -0.2) is 12.7 Å². The summed E-state index contributed by atoms with van der Waals surface area (Å²) in [4.78, 5) is 46.3. The minimum atomic E-state index is -5.35. The Morgan fingerprint density at radius 3 is 1.21 bits per heavy atom. The Morgan fingerprint density at radius 2 is 0.952 bits per heavy atom. The van der Waals surface area contributed by atoms with Crippen molar-refractivity contribution in [2.75, 3.05) is 6.54 Å². The molecule has 0 saturated carbocycles. The van der Waals surface area contributed by atoms with Crippen LogP contribution in [0.5, 0.6) is 0 Å². The molecule has 0 aliphatic heterocycles. The first-order valence-corrected chi connectivity index (χ1v) is 15.1. The molecule has 222 valence electrons. The number of carboxylic acid groups (broad SMARTS) is 3. The second-order valence-corrected chi connectivity index (χ2v) is 11.4. The molecular formula is C26H43NNa4O10S. The summed E-state index contributed by atoms with van der Waals surface area (Å²) < 4.78 is 34.6. The van der Waals surface area contributed by atoms with Crippen molar-refractivity contribution in [3.63, 3.8) is 0 Å². The minimum absolute atomic E-state index is 0. The number of aliphatic carboxylic acids is 3. The summed E-state index contributed by atoms with van der Waals surface area (Å²) in [5.41, 5.74) is -3.18. The van der Waals surface area contributed by atoms with E-state index in [2.05, 4.69) is 6.92 Å². The average Bonchev–Trinajstić information content (AvgIpc) is 2.82. The molecule has 0 N–H and O–H groups in total. The van der Waals surface area contributed by atoms with E-state index in [9.17, 15) is 47.5 Å². The van der Waals surface area contributed by atoms with Crippen LogP contribution in [0.4, 0.5) is 0 Å². The van der Waals surface area contributed by atoms with Crippen molar-refractivity contribution in [1.29, 1.82) is 0 Å². The zero-order chi connectivity index (χ0) is 29.2. The zero-order valence-electron chi connectivity index (χ0n) is 26.7. The summed E-state index contributed by atoms with van der Waals surface area (Å²) in [6, 6.07) is 0. The van der Waals surface area contributed by atoms with E-state index in [4.69, 9.17) is 0 Å². The van der Waals surface area contributed by atoms with Gasteiger partial charge in [-0.05, 0) is 13.3 Å². The maximum Gasteiger partial charge on any atom is 1.00 e. The summed E-state index contributed by atoms with van der Waals surface area (Å²) in [5.74, 6) is -11.0. The van der Waals surface area contributed by atoms with E-state index in [0.29, 0.717) is 13.3 Å². The van der Waals surface area contributed by atoms with Crippen LogP contribution in [0.1, 0.15) is 123 Å². The number of amides is 1. The zero-order valence-corrected chi connectivity index (χ0v) is 35.6. The molecule has 1 amide bonds. The molecule has 0 fully saturated rings. The van der Waals surface area contributed by atoms with Gasteiger partial charge < -0.3 is 34.3 Å². The van der Waals surface area contributed by atoms with Gasteiger partial charge in [-0.2, -0.15) is 0 Å². The average molecular weight is 654 g/mol. The van der Waals surface area contributed by atoms with Crippen molar-refractivity contribution in [1.82, 2.24) is 4.31 Å².